The molecule has 3 N–H and O–H groups in total. The van der Waals surface area contributed by atoms with Gasteiger partial charge in [-0.3, -0.25) is 4.79 Å². The number of carbonyl (C=O) groups excluding carboxylic acids is 1. The van der Waals surface area contributed by atoms with Crippen molar-refractivity contribution in [2.24, 2.45) is 5.92 Å². The molecular weight excluding hydrogens is 312 g/mol. The molecule has 5 nitrogen and oxygen atoms in total. The maximum Gasteiger partial charge on any atom is 0.238 e. The summed E-state index contributed by atoms with van der Waals surface area (Å²) < 4.78 is 24.8. The van der Waals surface area contributed by atoms with Crippen LogP contribution in [-0.4, -0.2) is 26.1 Å². The van der Waals surface area contributed by atoms with Gasteiger partial charge in [0.1, 0.15) is 5.25 Å². The fourth-order valence-corrected chi connectivity index (χ4v) is 3.55. The zero-order chi connectivity index (χ0) is 16.2. The summed E-state index contributed by atoms with van der Waals surface area (Å²) in [6, 6.07) is 4.13. The molecule has 0 aliphatic heterocycles. The number of halogens is 1. The molecule has 0 saturated carbocycles. The minimum absolute atomic E-state index is 0.0248. The van der Waals surface area contributed by atoms with E-state index in [2.05, 4.69) is 5.32 Å². The molecule has 1 amide bonds. The number of hydrogen-bond acceptors (Lipinski definition) is 4. The van der Waals surface area contributed by atoms with Gasteiger partial charge in [0.15, 0.2) is 9.84 Å². The summed E-state index contributed by atoms with van der Waals surface area (Å²) in [5.74, 6) is -0.0905. The van der Waals surface area contributed by atoms with Crippen molar-refractivity contribution in [3.8, 4) is 0 Å². The van der Waals surface area contributed by atoms with Crippen LogP contribution in [0.2, 0.25) is 5.02 Å². The number of nitrogen functional groups attached to an aromatic ring is 1. The van der Waals surface area contributed by atoms with E-state index in [1.165, 1.54) is 25.1 Å². The monoisotopic (exact) mass is 332 g/mol. The predicted octanol–water partition coefficient (Wildman–Crippen LogP) is 2.25. The lowest BCUT2D eigenvalue weighted by molar-refractivity contribution is -0.120. The van der Waals surface area contributed by atoms with Crippen molar-refractivity contribution in [1.29, 1.82) is 0 Å². The standard InChI is InChI=1S/C14H21ClN2O3S/c1-9(2)6-7-17-14(18)10(3)21(19,20)13-5-4-11(16)8-12(13)15/h4-5,8-10H,6-7,16H2,1-3H3,(H,17,18). The molecule has 0 bridgehead atoms. The third kappa shape index (κ3) is 4.61. The molecule has 0 spiro atoms. The summed E-state index contributed by atoms with van der Waals surface area (Å²) in [7, 11) is -3.84. The van der Waals surface area contributed by atoms with Gasteiger partial charge in [-0.1, -0.05) is 25.4 Å². The molecule has 1 atom stereocenters. The van der Waals surface area contributed by atoms with Gasteiger partial charge in [0.2, 0.25) is 5.91 Å². The summed E-state index contributed by atoms with van der Waals surface area (Å²) in [6.45, 7) is 5.86. The van der Waals surface area contributed by atoms with Crippen LogP contribution in [0.1, 0.15) is 27.2 Å². The average Bonchev–Trinajstić information content (AvgIpc) is 2.36. The van der Waals surface area contributed by atoms with Crippen molar-refractivity contribution in [2.75, 3.05) is 12.3 Å². The molecule has 118 valence electrons. The SMILES string of the molecule is CC(C)CCNC(=O)C(C)S(=O)(=O)c1ccc(N)cc1Cl. The van der Waals surface area contributed by atoms with E-state index in [0.717, 1.165) is 6.42 Å². The van der Waals surface area contributed by atoms with Crippen molar-refractivity contribution in [3.63, 3.8) is 0 Å². The van der Waals surface area contributed by atoms with E-state index in [0.29, 0.717) is 18.2 Å². The topological polar surface area (TPSA) is 89.3 Å². The second-order valence-corrected chi connectivity index (χ2v) is 7.99. The highest BCUT2D eigenvalue weighted by Crippen LogP contribution is 2.27. The highest BCUT2D eigenvalue weighted by molar-refractivity contribution is 7.92. The molecule has 0 heterocycles. The Morgan fingerprint density at radius 2 is 1.95 bits per heavy atom. The molecular formula is C14H21ClN2O3S. The Morgan fingerprint density at radius 1 is 1.33 bits per heavy atom. The van der Waals surface area contributed by atoms with Crippen LogP contribution in [0.4, 0.5) is 5.69 Å². The van der Waals surface area contributed by atoms with Gasteiger partial charge in [0.25, 0.3) is 0 Å². The van der Waals surface area contributed by atoms with E-state index in [1.54, 1.807) is 0 Å². The van der Waals surface area contributed by atoms with Crippen LogP contribution in [0.15, 0.2) is 23.1 Å². The second-order valence-electron chi connectivity index (χ2n) is 5.35. The van der Waals surface area contributed by atoms with Crippen LogP contribution >= 0.6 is 11.6 Å². The molecule has 1 aromatic carbocycles. The number of carbonyl (C=O) groups is 1. The number of sulfone groups is 1. The maximum atomic E-state index is 12.4. The first kappa shape index (κ1) is 17.8. The molecule has 1 unspecified atom stereocenters. The molecule has 1 aromatic rings. The molecule has 21 heavy (non-hydrogen) atoms. The Morgan fingerprint density at radius 3 is 2.48 bits per heavy atom. The fourth-order valence-electron chi connectivity index (χ4n) is 1.71. The van der Waals surface area contributed by atoms with E-state index >= 15 is 0 Å². The first-order valence-electron chi connectivity index (χ1n) is 6.73. The van der Waals surface area contributed by atoms with Crippen LogP contribution in [0.5, 0.6) is 0 Å². The van der Waals surface area contributed by atoms with Gasteiger partial charge >= 0.3 is 0 Å². The van der Waals surface area contributed by atoms with Crippen molar-refractivity contribution in [1.82, 2.24) is 5.32 Å². The van der Waals surface area contributed by atoms with Crippen LogP contribution in [-0.2, 0) is 14.6 Å². The average molecular weight is 333 g/mol. The molecule has 0 aromatic heterocycles. The zero-order valence-corrected chi connectivity index (χ0v) is 14.0. The highest BCUT2D eigenvalue weighted by atomic mass is 35.5. The van der Waals surface area contributed by atoms with Gasteiger partial charge in [-0.2, -0.15) is 0 Å². The Bertz CT molecular complexity index is 615. The summed E-state index contributed by atoms with van der Waals surface area (Å²) in [5.41, 5.74) is 5.91. The van der Waals surface area contributed by atoms with Gasteiger partial charge in [0.05, 0.1) is 9.92 Å². The fraction of sp³-hybridized carbons (Fsp3) is 0.500. The van der Waals surface area contributed by atoms with Gasteiger partial charge in [-0.15, -0.1) is 0 Å². The first-order valence-corrected chi connectivity index (χ1v) is 8.65. The summed E-state index contributed by atoms with van der Waals surface area (Å²) in [4.78, 5) is 11.9. The smallest absolute Gasteiger partial charge is 0.238 e. The molecule has 0 fully saturated rings. The number of hydrogen-bond donors (Lipinski definition) is 2. The van der Waals surface area contributed by atoms with Gasteiger partial charge in [0, 0.05) is 12.2 Å². The third-order valence-corrected chi connectivity index (χ3v) is 5.66. The summed E-state index contributed by atoms with van der Waals surface area (Å²) >= 11 is 5.92. The minimum atomic E-state index is -3.84. The highest BCUT2D eigenvalue weighted by Gasteiger charge is 2.31. The van der Waals surface area contributed by atoms with Gasteiger partial charge < -0.3 is 11.1 Å². The Labute approximate surface area is 130 Å². The number of amides is 1. The van der Waals surface area contributed by atoms with E-state index < -0.39 is 21.0 Å². The second kappa shape index (κ2) is 7.13. The Hall–Kier alpha value is -1.27. The lowest BCUT2D eigenvalue weighted by Gasteiger charge is -2.15. The van der Waals surface area contributed by atoms with Crippen molar-refractivity contribution >= 4 is 33.0 Å². The lowest BCUT2D eigenvalue weighted by Crippen LogP contribution is -2.38. The van der Waals surface area contributed by atoms with Crippen LogP contribution < -0.4 is 11.1 Å². The number of nitrogens with one attached hydrogen (secondary N) is 1. The molecule has 7 heteroatoms. The van der Waals surface area contributed by atoms with Crippen molar-refractivity contribution in [3.05, 3.63) is 23.2 Å². The predicted molar refractivity (Wildman–Crippen MR) is 85.0 cm³/mol. The lowest BCUT2D eigenvalue weighted by atomic mass is 10.1. The molecule has 0 aliphatic rings. The summed E-state index contributed by atoms with van der Waals surface area (Å²) in [6.07, 6.45) is 0.793. The largest absolute Gasteiger partial charge is 0.399 e. The number of benzene rings is 1. The Balaban J connectivity index is 2.88. The quantitative estimate of drug-likeness (QED) is 0.782. The molecule has 1 rings (SSSR count). The van der Waals surface area contributed by atoms with Crippen LogP contribution in [0.3, 0.4) is 0 Å². The van der Waals surface area contributed by atoms with E-state index in [4.69, 9.17) is 17.3 Å². The molecule has 0 saturated heterocycles. The van der Waals surface area contributed by atoms with E-state index in [-0.39, 0.29) is 9.92 Å². The van der Waals surface area contributed by atoms with Crippen LogP contribution in [0, 0.1) is 5.92 Å². The number of anilines is 1. The zero-order valence-electron chi connectivity index (χ0n) is 12.4. The summed E-state index contributed by atoms with van der Waals surface area (Å²) in [5, 5.41) is 1.46. The van der Waals surface area contributed by atoms with Gasteiger partial charge in [-0.05, 0) is 37.5 Å². The van der Waals surface area contributed by atoms with Crippen molar-refractivity contribution < 1.29 is 13.2 Å². The molecule has 0 radical (unpaired) electrons. The van der Waals surface area contributed by atoms with E-state index in [9.17, 15) is 13.2 Å². The first-order chi connectivity index (χ1) is 9.66. The number of rotatable bonds is 6. The normalized spacial score (nSPS) is 13.2. The minimum Gasteiger partial charge on any atom is -0.399 e. The maximum absolute atomic E-state index is 12.4. The van der Waals surface area contributed by atoms with Gasteiger partial charge in [-0.25, -0.2) is 8.42 Å². The van der Waals surface area contributed by atoms with E-state index in [1.807, 2.05) is 13.8 Å². The number of nitrogens with two attached hydrogens (primary N) is 1. The van der Waals surface area contributed by atoms with Crippen LogP contribution in [0.25, 0.3) is 0 Å². The Kier molecular flexibility index (Phi) is 6.04. The molecule has 0 aliphatic carbocycles. The van der Waals surface area contributed by atoms with Crippen molar-refractivity contribution in [2.45, 2.75) is 37.3 Å². The third-order valence-electron chi connectivity index (χ3n) is 3.12.